The fourth-order valence-corrected chi connectivity index (χ4v) is 10.0. The number of nitrogens with one attached hydrogen (secondary N) is 1. The van der Waals surface area contributed by atoms with Crippen LogP contribution in [0.1, 0.15) is 40.5 Å². The van der Waals surface area contributed by atoms with E-state index in [1.54, 1.807) is 41.0 Å². The Morgan fingerprint density at radius 2 is 1.91 bits per heavy atom. The topological polar surface area (TPSA) is 110 Å². The first-order valence-electron chi connectivity index (χ1n) is 15.4. The van der Waals surface area contributed by atoms with Gasteiger partial charge in [0.1, 0.15) is 0 Å². The predicted molar refractivity (Wildman–Crippen MR) is 180 cm³/mol. The first kappa shape index (κ1) is 32.2. The number of ether oxygens (including phenoxy) is 1. The number of aryl methyl sites for hydroxylation is 1. The van der Waals surface area contributed by atoms with Crippen LogP contribution in [0.25, 0.3) is 0 Å². The molecule has 4 atom stereocenters. The molecule has 2 aliphatic rings. The van der Waals surface area contributed by atoms with Crippen LogP contribution in [0.5, 0.6) is 0 Å². The van der Waals surface area contributed by atoms with Crippen molar-refractivity contribution < 1.29 is 23.5 Å². The van der Waals surface area contributed by atoms with Gasteiger partial charge in [0.15, 0.2) is 5.60 Å². The number of amides is 2. The molecule has 0 aliphatic carbocycles. The molecule has 2 aliphatic heterocycles. The smallest absolute Gasteiger partial charge is 0.264 e. The van der Waals surface area contributed by atoms with E-state index in [9.17, 15) is 14.7 Å². The van der Waals surface area contributed by atoms with Crippen LogP contribution in [0.3, 0.4) is 0 Å². The number of carbonyl (C=O) groups excluding carboxylic acids is 2. The van der Waals surface area contributed by atoms with Gasteiger partial charge in [-0.25, -0.2) is 0 Å². The molecule has 0 unspecified atom stereocenters. The largest absolute Gasteiger partial charge is 0.396 e. The number of aliphatic hydroxyl groups excluding tert-OH is 1. The molecule has 6 rings (SSSR count). The van der Waals surface area contributed by atoms with Crippen molar-refractivity contribution >= 4 is 47.5 Å². The van der Waals surface area contributed by atoms with Crippen molar-refractivity contribution in [3.8, 4) is 0 Å². The van der Waals surface area contributed by atoms with Crippen LogP contribution in [-0.2, 0) is 34.6 Å². The maximum absolute atomic E-state index is 16.2. The molecule has 2 N–H and O–H groups in total. The van der Waals surface area contributed by atoms with Crippen LogP contribution < -0.4 is 10.2 Å². The van der Waals surface area contributed by atoms with E-state index in [1.165, 1.54) is 0 Å². The zero-order valence-corrected chi connectivity index (χ0v) is 28.6. The molecule has 240 valence electrons. The summed E-state index contributed by atoms with van der Waals surface area (Å²) in [7, 11) is -3.33. The van der Waals surface area contributed by atoms with Gasteiger partial charge >= 0.3 is 0 Å². The minimum Gasteiger partial charge on any atom is -0.396 e. The lowest BCUT2D eigenvalue weighted by Crippen LogP contribution is -2.45. The van der Waals surface area contributed by atoms with Gasteiger partial charge in [-0.05, 0) is 67.5 Å². The van der Waals surface area contributed by atoms with E-state index in [4.69, 9.17) is 4.74 Å². The third kappa shape index (κ3) is 6.06. The van der Waals surface area contributed by atoms with Crippen LogP contribution in [0.4, 0.5) is 15.5 Å². The van der Waals surface area contributed by atoms with Crippen molar-refractivity contribution in [3.63, 3.8) is 0 Å². The highest BCUT2D eigenvalue weighted by Gasteiger charge is 2.66. The number of aliphatic hydroxyl groups is 1. The average molecular weight is 707 g/mol. The van der Waals surface area contributed by atoms with Crippen molar-refractivity contribution in [2.75, 3.05) is 16.8 Å². The highest BCUT2D eigenvalue weighted by atomic mass is 79.9. The highest BCUT2D eigenvalue weighted by molar-refractivity contribution is 9.10. The number of hydrogen-bond donors (Lipinski definition) is 2. The van der Waals surface area contributed by atoms with E-state index >= 15 is 4.11 Å². The molecule has 12 heteroatoms. The quantitative estimate of drug-likeness (QED) is 0.149. The SMILES string of the molecule is C[C@@H]1[C@@H]([Si](C)(C)F)[C@H](CCn2cc(CCO)nn2)O[C@@]12C(=O)N(Cc1cccc(NC(=O)c3ccccc3)c1)c1ccc(Br)cc12. The number of hydrogen-bond acceptors (Lipinski definition) is 6. The molecule has 1 saturated heterocycles. The Bertz CT molecular complexity index is 1750. The summed E-state index contributed by atoms with van der Waals surface area (Å²) >= 11 is 3.59. The fourth-order valence-electron chi connectivity index (χ4n) is 7.11. The average Bonchev–Trinajstić information content (AvgIpc) is 3.67. The molecule has 1 fully saturated rings. The van der Waals surface area contributed by atoms with Crippen LogP contribution in [-0.4, -0.2) is 53.0 Å². The van der Waals surface area contributed by atoms with E-state index in [0.717, 1.165) is 21.3 Å². The molecular formula is C34H37BrFN5O4Si. The summed E-state index contributed by atoms with van der Waals surface area (Å²) in [6.07, 6.45) is 2.13. The maximum atomic E-state index is 16.2. The lowest BCUT2D eigenvalue weighted by molar-refractivity contribution is -0.146. The molecule has 46 heavy (non-hydrogen) atoms. The lowest BCUT2D eigenvalue weighted by Gasteiger charge is -2.31. The van der Waals surface area contributed by atoms with Crippen LogP contribution >= 0.6 is 15.9 Å². The molecule has 1 spiro atoms. The van der Waals surface area contributed by atoms with E-state index in [0.29, 0.717) is 36.3 Å². The number of rotatable bonds is 10. The van der Waals surface area contributed by atoms with Crippen LogP contribution in [0, 0.1) is 5.92 Å². The van der Waals surface area contributed by atoms with E-state index in [2.05, 4.69) is 31.6 Å². The molecular weight excluding hydrogens is 669 g/mol. The van der Waals surface area contributed by atoms with Crippen molar-refractivity contribution in [2.45, 2.75) is 63.2 Å². The minimum atomic E-state index is -3.33. The first-order chi connectivity index (χ1) is 22.0. The number of fused-ring (bicyclic) bond motifs is 2. The molecule has 4 aromatic rings. The molecule has 2 amide bonds. The van der Waals surface area contributed by atoms with Gasteiger partial charge in [-0.3, -0.25) is 14.3 Å². The number of anilines is 2. The summed E-state index contributed by atoms with van der Waals surface area (Å²) in [4.78, 5) is 29.2. The number of benzene rings is 3. The standard InChI is InChI=1S/C34H37BrFN5O4Si/c1-22-31(46(2,3)36)30(14-16-40-21-27(15-17-42)38-39-40)45-34(22)28-19-25(35)12-13-29(28)41(33(34)44)20-23-8-7-11-26(18-23)37-32(43)24-9-5-4-6-10-24/h4-13,18-19,21-22,30-31,42H,14-17,20H2,1-3H3,(H,37,43)/t22-,30+,31-,34+/m1/s1. The number of aromatic nitrogens is 3. The third-order valence-electron chi connectivity index (χ3n) is 9.08. The van der Waals surface area contributed by atoms with Gasteiger partial charge in [0.05, 0.1) is 24.0 Å². The Hall–Kier alpha value is -3.71. The highest BCUT2D eigenvalue weighted by Crippen LogP contribution is 2.60. The zero-order chi connectivity index (χ0) is 32.6. The number of nitrogens with zero attached hydrogens (tertiary/aromatic N) is 4. The van der Waals surface area contributed by atoms with Crippen molar-refractivity contribution in [1.29, 1.82) is 0 Å². The summed E-state index contributed by atoms with van der Waals surface area (Å²) in [5, 5.41) is 20.5. The Kier molecular flexibility index (Phi) is 8.99. The Morgan fingerprint density at radius 3 is 2.65 bits per heavy atom. The van der Waals surface area contributed by atoms with Gasteiger partial charge in [-0.15, -0.1) is 5.10 Å². The van der Waals surface area contributed by atoms with Gasteiger partial charge in [0.2, 0.25) is 8.41 Å². The number of carbonyl (C=O) groups is 2. The fraction of sp³-hybridized carbons (Fsp3) is 0.353. The molecule has 0 bridgehead atoms. The zero-order valence-electron chi connectivity index (χ0n) is 26.0. The number of halogens is 2. The van der Waals surface area contributed by atoms with Gasteiger partial charge in [0.25, 0.3) is 11.8 Å². The predicted octanol–water partition coefficient (Wildman–Crippen LogP) is 6.24. The lowest BCUT2D eigenvalue weighted by atomic mass is 9.82. The Balaban J connectivity index is 1.29. The van der Waals surface area contributed by atoms with E-state index in [-0.39, 0.29) is 25.0 Å². The van der Waals surface area contributed by atoms with Gasteiger partial charge in [0, 0.05) is 58.5 Å². The summed E-state index contributed by atoms with van der Waals surface area (Å²) in [6.45, 7) is 5.99. The summed E-state index contributed by atoms with van der Waals surface area (Å²) in [5.41, 5.74) is 2.33. The maximum Gasteiger partial charge on any atom is 0.264 e. The third-order valence-corrected chi connectivity index (χ3v) is 12.0. The van der Waals surface area contributed by atoms with Crippen LogP contribution in [0.2, 0.25) is 18.6 Å². The molecule has 3 aromatic carbocycles. The van der Waals surface area contributed by atoms with Crippen molar-refractivity contribution in [2.24, 2.45) is 5.92 Å². The summed E-state index contributed by atoms with van der Waals surface area (Å²) in [5.74, 6) is -0.863. The summed E-state index contributed by atoms with van der Waals surface area (Å²) in [6, 6.07) is 22.2. The molecule has 3 heterocycles. The Labute approximate surface area is 277 Å². The minimum absolute atomic E-state index is 0.0195. The van der Waals surface area contributed by atoms with Gasteiger partial charge < -0.3 is 24.2 Å². The first-order valence-corrected chi connectivity index (χ1v) is 19.2. The van der Waals surface area contributed by atoms with Crippen LogP contribution in [0.15, 0.2) is 83.5 Å². The monoisotopic (exact) mass is 705 g/mol. The van der Waals surface area contributed by atoms with Crippen molar-refractivity contribution in [1.82, 2.24) is 15.0 Å². The summed E-state index contributed by atoms with van der Waals surface area (Å²) < 4.78 is 25.5. The second-order valence-electron chi connectivity index (χ2n) is 12.6. The normalized spacial score (nSPS) is 22.4. The molecule has 1 aromatic heterocycles. The van der Waals surface area contributed by atoms with Gasteiger partial charge in [-0.1, -0.05) is 58.4 Å². The second kappa shape index (κ2) is 12.8. The van der Waals surface area contributed by atoms with E-state index < -0.39 is 31.6 Å². The molecule has 0 radical (unpaired) electrons. The molecule has 0 saturated carbocycles. The van der Waals surface area contributed by atoms with E-state index in [1.807, 2.05) is 67.6 Å². The van der Waals surface area contributed by atoms with Gasteiger partial charge in [-0.2, -0.15) is 0 Å². The Morgan fingerprint density at radius 1 is 1.13 bits per heavy atom. The van der Waals surface area contributed by atoms with Crippen molar-refractivity contribution in [3.05, 3.63) is 106 Å². The molecule has 9 nitrogen and oxygen atoms in total. The second-order valence-corrected chi connectivity index (χ2v) is 17.3.